The van der Waals surface area contributed by atoms with E-state index in [0.29, 0.717) is 19.7 Å². The predicted octanol–water partition coefficient (Wildman–Crippen LogP) is 4.88. The van der Waals surface area contributed by atoms with Crippen LogP contribution in [-0.2, 0) is 11.3 Å². The van der Waals surface area contributed by atoms with Crippen LogP contribution in [0.4, 0.5) is 4.79 Å². The molecule has 7 heteroatoms. The summed E-state index contributed by atoms with van der Waals surface area (Å²) in [7, 11) is 0. The summed E-state index contributed by atoms with van der Waals surface area (Å²) in [4.78, 5) is 32.5. The molecule has 1 unspecified atom stereocenters. The van der Waals surface area contributed by atoms with E-state index in [1.54, 1.807) is 9.47 Å². The van der Waals surface area contributed by atoms with Crippen LogP contribution in [0.15, 0.2) is 83.2 Å². The maximum Gasteiger partial charge on any atom is 0.409 e. The first kappa shape index (κ1) is 24.1. The highest BCUT2D eigenvalue weighted by Gasteiger charge is 2.31. The zero-order valence-electron chi connectivity index (χ0n) is 20.8. The monoisotopic (exact) mass is 486 g/mol. The van der Waals surface area contributed by atoms with Crippen molar-refractivity contribution < 1.29 is 9.53 Å². The number of imidazole rings is 1. The fraction of sp³-hybridized carbons (Fsp3) is 0.379. The van der Waals surface area contributed by atoms with Crippen LogP contribution >= 0.6 is 0 Å². The van der Waals surface area contributed by atoms with Crippen LogP contribution in [0.25, 0.3) is 11.0 Å². The molecule has 0 spiro atoms. The lowest BCUT2D eigenvalue weighted by atomic mass is 10.1. The summed E-state index contributed by atoms with van der Waals surface area (Å²) >= 11 is 0. The second kappa shape index (κ2) is 11.0. The molecule has 1 fully saturated rings. The highest BCUT2D eigenvalue weighted by Crippen LogP contribution is 2.25. The number of allylic oxidation sites excluding steroid dienone is 2. The van der Waals surface area contributed by atoms with Gasteiger partial charge in [-0.2, -0.15) is 0 Å². The number of nitrogens with one attached hydrogen (secondary N) is 1. The van der Waals surface area contributed by atoms with Crippen molar-refractivity contribution in [2.45, 2.75) is 44.8 Å². The van der Waals surface area contributed by atoms with E-state index in [4.69, 9.17) is 4.74 Å². The van der Waals surface area contributed by atoms with Crippen LogP contribution in [0.3, 0.4) is 0 Å². The lowest BCUT2D eigenvalue weighted by molar-refractivity contribution is 0.0741. The smallest absolute Gasteiger partial charge is 0.409 e. The molecule has 1 N–H and O–H groups in total. The Balaban J connectivity index is 1.20. The number of benzene rings is 2. The van der Waals surface area contributed by atoms with Crippen molar-refractivity contribution in [2.75, 3.05) is 26.2 Å². The molecule has 1 aliphatic heterocycles. The molecule has 1 aromatic heterocycles. The molecule has 5 rings (SSSR count). The van der Waals surface area contributed by atoms with E-state index in [-0.39, 0.29) is 23.9 Å². The minimum Gasteiger partial charge on any atom is -0.448 e. The standard InChI is InChI=1S/C29H34N4O3/c1-22(32(18-23-10-4-2-5-11-23)19-24-12-6-3-7-13-24)21-36-29(35)31-17-16-25(20-31)33-27-15-9-8-14-26(27)30-28(33)34/h2,4-6,8-15,22,25H,3,7,16-21H2,1H3,(H,30,34)/t22-,25?/m0/s1. The fourth-order valence-electron chi connectivity index (χ4n) is 5.15. The van der Waals surface area contributed by atoms with Crippen molar-refractivity contribution in [1.29, 1.82) is 0 Å². The minimum absolute atomic E-state index is 0.0556. The van der Waals surface area contributed by atoms with E-state index in [0.717, 1.165) is 43.4 Å². The van der Waals surface area contributed by atoms with Gasteiger partial charge in [-0.1, -0.05) is 60.7 Å². The van der Waals surface area contributed by atoms with Crippen molar-refractivity contribution in [1.82, 2.24) is 19.4 Å². The van der Waals surface area contributed by atoms with Crippen molar-refractivity contribution in [3.05, 3.63) is 94.4 Å². The summed E-state index contributed by atoms with van der Waals surface area (Å²) in [6.45, 7) is 5.09. The number of likely N-dealkylation sites (tertiary alicyclic amines) is 1. The summed E-state index contributed by atoms with van der Waals surface area (Å²) in [5, 5.41) is 0. The SMILES string of the molecule is C[C@@H](COC(=O)N1CCC(n2c(=O)[nH]c3ccccc32)C1)N(CC1=CCCC=C1)Cc1ccccc1. The Kier molecular flexibility index (Phi) is 7.37. The molecule has 0 saturated carbocycles. The summed E-state index contributed by atoms with van der Waals surface area (Å²) in [5.74, 6) is 0. The number of hydrogen-bond acceptors (Lipinski definition) is 4. The molecule has 188 valence electrons. The molecular weight excluding hydrogens is 452 g/mol. The van der Waals surface area contributed by atoms with Crippen molar-refractivity contribution in [3.8, 4) is 0 Å². The lowest BCUT2D eigenvalue weighted by Gasteiger charge is -2.30. The third kappa shape index (κ3) is 5.46. The van der Waals surface area contributed by atoms with Gasteiger partial charge in [-0.3, -0.25) is 9.47 Å². The Bertz CT molecular complexity index is 1310. The van der Waals surface area contributed by atoms with Gasteiger partial charge in [-0.05, 0) is 49.5 Å². The minimum atomic E-state index is -0.311. The van der Waals surface area contributed by atoms with Gasteiger partial charge in [0.05, 0.1) is 17.1 Å². The average Bonchev–Trinajstić information content (AvgIpc) is 3.51. The molecule has 0 bridgehead atoms. The molecule has 1 saturated heterocycles. The van der Waals surface area contributed by atoms with Crippen LogP contribution in [-0.4, -0.2) is 57.7 Å². The van der Waals surface area contributed by atoms with E-state index in [2.05, 4.69) is 59.3 Å². The summed E-state index contributed by atoms with van der Waals surface area (Å²) < 4.78 is 7.57. The largest absolute Gasteiger partial charge is 0.448 e. The van der Waals surface area contributed by atoms with E-state index < -0.39 is 0 Å². The zero-order valence-corrected chi connectivity index (χ0v) is 20.8. The van der Waals surface area contributed by atoms with Crippen LogP contribution in [0.1, 0.15) is 37.8 Å². The van der Waals surface area contributed by atoms with Crippen LogP contribution in [0, 0.1) is 0 Å². The van der Waals surface area contributed by atoms with Gasteiger partial charge in [0.25, 0.3) is 0 Å². The molecule has 3 aromatic rings. The van der Waals surface area contributed by atoms with Crippen molar-refractivity contribution >= 4 is 17.1 Å². The van der Waals surface area contributed by atoms with Gasteiger partial charge in [-0.15, -0.1) is 0 Å². The van der Waals surface area contributed by atoms with Gasteiger partial charge >= 0.3 is 11.8 Å². The Hall–Kier alpha value is -3.58. The number of rotatable bonds is 8. The van der Waals surface area contributed by atoms with Crippen LogP contribution in [0.2, 0.25) is 0 Å². The van der Waals surface area contributed by atoms with Gasteiger partial charge in [0, 0.05) is 32.2 Å². The van der Waals surface area contributed by atoms with Crippen LogP contribution < -0.4 is 5.69 Å². The quantitative estimate of drug-likeness (QED) is 0.493. The highest BCUT2D eigenvalue weighted by molar-refractivity contribution is 5.75. The number of H-pyrrole nitrogens is 1. The molecule has 1 aliphatic carbocycles. The highest BCUT2D eigenvalue weighted by atomic mass is 16.6. The molecule has 0 radical (unpaired) electrons. The summed E-state index contributed by atoms with van der Waals surface area (Å²) in [6, 6.07) is 18.1. The number of amides is 1. The normalized spacial score (nSPS) is 18.6. The molecular formula is C29H34N4O3. The number of ether oxygens (including phenoxy) is 1. The number of fused-ring (bicyclic) bond motifs is 1. The Morgan fingerprint density at radius 3 is 2.72 bits per heavy atom. The molecule has 36 heavy (non-hydrogen) atoms. The van der Waals surface area contributed by atoms with Crippen molar-refractivity contribution in [3.63, 3.8) is 0 Å². The Labute approximate surface area is 211 Å². The third-order valence-corrected chi connectivity index (χ3v) is 7.17. The van der Waals surface area contributed by atoms with E-state index >= 15 is 0 Å². The molecule has 2 heterocycles. The molecule has 1 amide bonds. The first-order valence-electron chi connectivity index (χ1n) is 12.8. The van der Waals surface area contributed by atoms with Gasteiger partial charge < -0.3 is 14.6 Å². The number of nitrogens with zero attached hydrogens (tertiary/aromatic N) is 3. The van der Waals surface area contributed by atoms with Gasteiger partial charge in [0.2, 0.25) is 0 Å². The predicted molar refractivity (Wildman–Crippen MR) is 142 cm³/mol. The fourth-order valence-corrected chi connectivity index (χ4v) is 5.15. The van der Waals surface area contributed by atoms with Crippen LogP contribution in [0.5, 0.6) is 0 Å². The van der Waals surface area contributed by atoms with Gasteiger partial charge in [0.15, 0.2) is 0 Å². The van der Waals surface area contributed by atoms with Gasteiger partial charge in [0.1, 0.15) is 6.61 Å². The zero-order chi connectivity index (χ0) is 24.9. The number of carbonyl (C=O) groups is 1. The molecule has 7 nitrogen and oxygen atoms in total. The molecule has 2 aliphatic rings. The number of hydrogen-bond donors (Lipinski definition) is 1. The third-order valence-electron chi connectivity index (χ3n) is 7.17. The number of para-hydroxylation sites is 2. The van der Waals surface area contributed by atoms with E-state index in [1.165, 1.54) is 11.1 Å². The lowest BCUT2D eigenvalue weighted by Crippen LogP contribution is -2.39. The molecule has 2 atom stereocenters. The maximum absolute atomic E-state index is 13.0. The maximum atomic E-state index is 13.0. The second-order valence-electron chi connectivity index (χ2n) is 9.78. The van der Waals surface area contributed by atoms with E-state index in [9.17, 15) is 9.59 Å². The Morgan fingerprint density at radius 1 is 1.11 bits per heavy atom. The average molecular weight is 487 g/mol. The van der Waals surface area contributed by atoms with Gasteiger partial charge in [-0.25, -0.2) is 9.59 Å². The topological polar surface area (TPSA) is 70.6 Å². The number of aromatic amines is 1. The van der Waals surface area contributed by atoms with E-state index in [1.807, 2.05) is 30.3 Å². The Morgan fingerprint density at radius 2 is 1.92 bits per heavy atom. The first-order chi connectivity index (χ1) is 17.6. The van der Waals surface area contributed by atoms with Crippen molar-refractivity contribution in [2.24, 2.45) is 0 Å². The second-order valence-corrected chi connectivity index (χ2v) is 9.78. The molecule has 2 aromatic carbocycles. The number of carbonyl (C=O) groups excluding carboxylic acids is 1. The first-order valence-corrected chi connectivity index (χ1v) is 12.8. The summed E-state index contributed by atoms with van der Waals surface area (Å²) in [5.41, 5.74) is 4.11. The summed E-state index contributed by atoms with van der Waals surface area (Å²) in [6.07, 6.45) is 9.32. The number of aromatic nitrogens is 2.